The van der Waals surface area contributed by atoms with Crippen LogP contribution in [0.1, 0.15) is 0 Å². The summed E-state index contributed by atoms with van der Waals surface area (Å²) in [6.07, 6.45) is 1.85. The van der Waals surface area contributed by atoms with E-state index in [1.54, 1.807) is 0 Å². The highest BCUT2D eigenvalue weighted by Crippen LogP contribution is 2.13. The summed E-state index contributed by atoms with van der Waals surface area (Å²) in [5.74, 6) is 2.12. The van der Waals surface area contributed by atoms with Crippen molar-refractivity contribution in [3.63, 3.8) is 0 Å². The van der Waals surface area contributed by atoms with Gasteiger partial charge in [-0.1, -0.05) is 0 Å². The van der Waals surface area contributed by atoms with Crippen molar-refractivity contribution in [3.05, 3.63) is 18.1 Å². The van der Waals surface area contributed by atoms with Crippen molar-refractivity contribution >= 4 is 7.69 Å². The van der Waals surface area contributed by atoms with E-state index in [0.717, 1.165) is 0 Å². The lowest BCUT2D eigenvalue weighted by atomic mass is 10.8. The van der Waals surface area contributed by atoms with Gasteiger partial charge in [-0.25, -0.2) is 4.75 Å². The maximum atomic E-state index is 4.06. The number of hydrogen-bond donors (Lipinski definition) is 0. The van der Waals surface area contributed by atoms with Crippen LogP contribution < -0.4 is 0 Å². The number of aryl methyl sites for hydroxylation is 1. The van der Waals surface area contributed by atoms with Gasteiger partial charge in [0.05, 0.1) is 0 Å². The Morgan fingerprint density at radius 3 is 2.67 bits per heavy atom. The lowest BCUT2D eigenvalue weighted by Gasteiger charge is -1.68. The molecule has 6 heavy (non-hydrogen) atoms. The maximum Gasteiger partial charge on any atom is 0.0312 e. The van der Waals surface area contributed by atoms with E-state index < -0.39 is 0 Å². The highest BCUT2D eigenvalue weighted by Gasteiger charge is 1.73. The van der Waals surface area contributed by atoms with Gasteiger partial charge in [-0.15, -0.1) is 0 Å². The zero-order valence-electron chi connectivity index (χ0n) is 3.63. The molecule has 0 fully saturated rings. The van der Waals surface area contributed by atoms with Crippen LogP contribution in [0, 0.1) is 0 Å². The number of aromatic nitrogens is 1. The van der Waals surface area contributed by atoms with Crippen molar-refractivity contribution < 1.29 is 0 Å². The highest BCUT2D eigenvalue weighted by atomic mass is 31.1. The second-order valence-corrected chi connectivity index (χ2v) is 2.86. The summed E-state index contributed by atoms with van der Waals surface area (Å²) >= 11 is 0. The number of rotatable bonds is 0. The number of hydrogen-bond acceptors (Lipinski definition) is 1. The molecule has 0 aliphatic rings. The molecule has 0 radical (unpaired) electrons. The SMILES string of the molecule is Cp1cccn1. The third-order valence-electron chi connectivity index (χ3n) is 0.637. The van der Waals surface area contributed by atoms with Crippen molar-refractivity contribution in [1.29, 1.82) is 0 Å². The first-order valence-electron chi connectivity index (χ1n) is 1.83. The van der Waals surface area contributed by atoms with E-state index in [1.165, 1.54) is 0 Å². The Morgan fingerprint density at radius 1 is 1.67 bits per heavy atom. The maximum absolute atomic E-state index is 4.06. The van der Waals surface area contributed by atoms with E-state index in [4.69, 9.17) is 0 Å². The molecule has 0 bridgehead atoms. The zero-order chi connectivity index (χ0) is 4.41. The Labute approximate surface area is 38.1 Å². The Kier molecular flexibility index (Phi) is 0.932. The molecule has 1 atom stereocenters. The molecule has 1 nitrogen and oxygen atoms in total. The van der Waals surface area contributed by atoms with Crippen molar-refractivity contribution in [1.82, 2.24) is 4.75 Å². The molecule has 1 aromatic heterocycles. The molecule has 1 rings (SSSR count). The average Bonchev–Trinajstić information content (AvgIpc) is 1.86. The molecule has 0 aromatic carbocycles. The van der Waals surface area contributed by atoms with Gasteiger partial charge in [0.1, 0.15) is 0 Å². The van der Waals surface area contributed by atoms with Crippen molar-refractivity contribution in [2.45, 2.75) is 0 Å². The van der Waals surface area contributed by atoms with E-state index in [-0.39, 0.29) is 7.69 Å². The minimum Gasteiger partial charge on any atom is -0.246 e. The third kappa shape index (κ3) is 0.605. The van der Waals surface area contributed by atoms with Gasteiger partial charge < -0.3 is 0 Å². The largest absolute Gasteiger partial charge is 0.246 e. The molecule has 0 saturated carbocycles. The van der Waals surface area contributed by atoms with Crippen LogP contribution >= 0.6 is 7.69 Å². The van der Waals surface area contributed by atoms with Gasteiger partial charge in [0.15, 0.2) is 0 Å². The summed E-state index contributed by atoms with van der Waals surface area (Å²) in [6, 6.07) is 1.99. The molecule has 2 heteroatoms. The van der Waals surface area contributed by atoms with Crippen molar-refractivity contribution in [3.8, 4) is 0 Å². The summed E-state index contributed by atoms with van der Waals surface area (Å²) in [6.45, 7) is 2.12. The van der Waals surface area contributed by atoms with Crippen LogP contribution in [-0.4, -0.2) is 4.75 Å². The van der Waals surface area contributed by atoms with Crippen LogP contribution in [0.4, 0.5) is 0 Å². The summed E-state index contributed by atoms with van der Waals surface area (Å²) in [7, 11) is -0.0761. The van der Waals surface area contributed by atoms with Gasteiger partial charge in [0.25, 0.3) is 0 Å². The van der Waals surface area contributed by atoms with E-state index in [9.17, 15) is 0 Å². The topological polar surface area (TPSA) is 12.9 Å². The Bertz CT molecular complexity index is 111. The summed E-state index contributed by atoms with van der Waals surface area (Å²) in [5.41, 5.74) is 0. The molecule has 1 aromatic rings. The minimum absolute atomic E-state index is 0.0761. The molecule has 0 saturated heterocycles. The Hall–Kier alpha value is -0.290. The quantitative estimate of drug-likeness (QED) is 0.481. The van der Waals surface area contributed by atoms with E-state index in [1.807, 2.05) is 12.3 Å². The van der Waals surface area contributed by atoms with Gasteiger partial charge in [-0.2, -0.15) is 0 Å². The second-order valence-electron chi connectivity index (χ2n) is 1.18. The summed E-state index contributed by atoms with van der Waals surface area (Å²) in [4.78, 5) is 0. The standard InChI is InChI=1S/C4H6NP/c1-6-4-2-3-5-6/h2-4H,1H3. The molecule has 1 unspecified atom stereocenters. The van der Waals surface area contributed by atoms with E-state index >= 15 is 0 Å². The van der Waals surface area contributed by atoms with Crippen LogP contribution in [0.2, 0.25) is 0 Å². The van der Waals surface area contributed by atoms with Gasteiger partial charge in [-0.05, 0) is 26.2 Å². The first-order chi connectivity index (χ1) is 2.89. The molecule has 32 valence electrons. The Morgan fingerprint density at radius 2 is 2.50 bits per heavy atom. The monoisotopic (exact) mass is 99.0 g/mol. The normalized spacial score (nSPS) is 11.8. The summed E-state index contributed by atoms with van der Waals surface area (Å²) < 4.78 is 4.06. The minimum atomic E-state index is -0.0761. The molecule has 0 aliphatic heterocycles. The lowest BCUT2D eigenvalue weighted by Crippen LogP contribution is -1.40. The van der Waals surface area contributed by atoms with Gasteiger partial charge in [0.2, 0.25) is 0 Å². The molecule has 0 amide bonds. The predicted octanol–water partition coefficient (Wildman–Crippen LogP) is 1.61. The van der Waals surface area contributed by atoms with E-state index in [0.29, 0.717) is 0 Å². The molecular formula is C4H6NP. The van der Waals surface area contributed by atoms with Gasteiger partial charge >= 0.3 is 0 Å². The van der Waals surface area contributed by atoms with Gasteiger partial charge in [0, 0.05) is 6.20 Å². The van der Waals surface area contributed by atoms with Crippen LogP contribution in [-0.2, 0) is 6.66 Å². The lowest BCUT2D eigenvalue weighted by molar-refractivity contribution is 1.57. The van der Waals surface area contributed by atoms with Crippen LogP contribution in [0.25, 0.3) is 0 Å². The van der Waals surface area contributed by atoms with Crippen LogP contribution in [0.5, 0.6) is 0 Å². The smallest absolute Gasteiger partial charge is 0.0312 e. The fourth-order valence-electron chi connectivity index (χ4n) is 0.345. The van der Waals surface area contributed by atoms with Crippen molar-refractivity contribution in [2.75, 3.05) is 0 Å². The highest BCUT2D eigenvalue weighted by molar-refractivity contribution is 7.42. The molecule has 1 heterocycles. The molecule has 0 aliphatic carbocycles. The average molecular weight is 99.1 g/mol. The van der Waals surface area contributed by atoms with Gasteiger partial charge in [-0.3, -0.25) is 0 Å². The predicted molar refractivity (Wildman–Crippen MR) is 27.9 cm³/mol. The van der Waals surface area contributed by atoms with E-state index in [2.05, 4.69) is 17.2 Å². The molecule has 0 spiro atoms. The summed E-state index contributed by atoms with van der Waals surface area (Å²) in [5, 5.41) is 0. The first kappa shape index (κ1) is 3.89. The zero-order valence-corrected chi connectivity index (χ0v) is 4.52. The fourth-order valence-corrected chi connectivity index (χ4v) is 1.04. The first-order valence-corrected chi connectivity index (χ1v) is 3.64. The van der Waals surface area contributed by atoms with Crippen LogP contribution in [0.15, 0.2) is 18.1 Å². The molecule has 0 N–H and O–H groups in total. The molecular weight excluding hydrogens is 93.0 g/mol. The fraction of sp³-hybridized carbons (Fsp3) is 0.250. The van der Waals surface area contributed by atoms with Crippen molar-refractivity contribution in [2.24, 2.45) is 6.66 Å². The van der Waals surface area contributed by atoms with Crippen LogP contribution in [0.3, 0.4) is 0 Å². The Balaban J connectivity index is 3.05. The second kappa shape index (κ2) is 1.44. The number of nitrogens with zero attached hydrogens (tertiary/aromatic N) is 1. The third-order valence-corrected chi connectivity index (χ3v) is 1.74.